The number of nitrogens with zero attached hydrogens (tertiary/aromatic N) is 5. The second-order valence-electron chi connectivity index (χ2n) is 9.85. The summed E-state index contributed by atoms with van der Waals surface area (Å²) in [7, 11) is 6.03. The number of H-pyrrole nitrogens is 2. The van der Waals surface area contributed by atoms with E-state index in [-0.39, 0.29) is 5.82 Å². The highest BCUT2D eigenvalue weighted by Gasteiger charge is 2.16. The molecule has 6 aromatic rings. The van der Waals surface area contributed by atoms with Crippen LogP contribution >= 0.6 is 0 Å². The zero-order valence-corrected chi connectivity index (χ0v) is 21.8. The molecule has 0 atom stereocenters. The van der Waals surface area contributed by atoms with Gasteiger partial charge in [0.05, 0.1) is 23.3 Å². The fraction of sp³-hybridized carbons (Fsp3) is 0.207. The first-order valence-electron chi connectivity index (χ1n) is 12.5. The van der Waals surface area contributed by atoms with E-state index in [2.05, 4.69) is 47.5 Å². The van der Waals surface area contributed by atoms with Crippen LogP contribution in [0.2, 0.25) is 0 Å². The first-order chi connectivity index (χ1) is 18.4. The minimum absolute atomic E-state index is 0.272. The highest BCUT2D eigenvalue weighted by Crippen LogP contribution is 2.35. The van der Waals surface area contributed by atoms with Gasteiger partial charge in [0.15, 0.2) is 5.65 Å². The molecule has 0 aliphatic carbocycles. The van der Waals surface area contributed by atoms with Crippen molar-refractivity contribution >= 4 is 27.6 Å². The molecule has 6 rings (SSSR count). The highest BCUT2D eigenvalue weighted by atomic mass is 19.1. The second-order valence-corrected chi connectivity index (χ2v) is 9.85. The van der Waals surface area contributed by atoms with Crippen LogP contribution in [0.4, 0.5) is 10.1 Å². The molecule has 8 nitrogen and oxygen atoms in total. The number of anilines is 1. The van der Waals surface area contributed by atoms with Crippen LogP contribution in [0.25, 0.3) is 55.7 Å². The summed E-state index contributed by atoms with van der Waals surface area (Å²) >= 11 is 0. The molecule has 0 saturated heterocycles. The molecule has 4 heterocycles. The van der Waals surface area contributed by atoms with Crippen molar-refractivity contribution in [3.05, 3.63) is 72.6 Å². The maximum absolute atomic E-state index is 14.6. The zero-order valence-electron chi connectivity index (χ0n) is 21.8. The first-order valence-corrected chi connectivity index (χ1v) is 12.5. The molecule has 0 aliphatic rings. The number of hydrogen-bond acceptors (Lipinski definition) is 5. The Morgan fingerprint density at radius 1 is 1.00 bits per heavy atom. The van der Waals surface area contributed by atoms with E-state index in [1.807, 2.05) is 69.3 Å². The van der Waals surface area contributed by atoms with Gasteiger partial charge in [0, 0.05) is 53.9 Å². The van der Waals surface area contributed by atoms with Crippen LogP contribution in [-0.4, -0.2) is 61.8 Å². The summed E-state index contributed by atoms with van der Waals surface area (Å²) in [6.45, 7) is 3.56. The van der Waals surface area contributed by atoms with Crippen molar-refractivity contribution < 1.29 is 4.39 Å². The number of benzene rings is 2. The number of likely N-dealkylation sites (N-methyl/N-ethyl adjacent to an activating group) is 1. The van der Waals surface area contributed by atoms with E-state index in [9.17, 15) is 4.39 Å². The summed E-state index contributed by atoms with van der Waals surface area (Å²) in [5.41, 5.74) is 7.82. The van der Waals surface area contributed by atoms with Crippen molar-refractivity contribution in [2.24, 2.45) is 7.05 Å². The van der Waals surface area contributed by atoms with Gasteiger partial charge in [-0.3, -0.25) is 5.10 Å². The largest absolute Gasteiger partial charge is 0.384 e. The zero-order chi connectivity index (χ0) is 26.4. The SMILES string of the molecule is Cc1ncc(-c2cnc3n[nH]c(-c4cc5c(-c6cc(F)cc(NCCN(C)C)c6)cccc5[nH]4)c3c2)n1C. The quantitative estimate of drug-likeness (QED) is 0.261. The Hall–Kier alpha value is -4.50. The Kier molecular flexibility index (Phi) is 5.92. The lowest BCUT2D eigenvalue weighted by Gasteiger charge is -2.13. The summed E-state index contributed by atoms with van der Waals surface area (Å²) in [6.07, 6.45) is 3.68. The van der Waals surface area contributed by atoms with Gasteiger partial charge in [-0.2, -0.15) is 5.10 Å². The van der Waals surface area contributed by atoms with Crippen molar-refractivity contribution in [3.63, 3.8) is 0 Å². The summed E-state index contributed by atoms with van der Waals surface area (Å²) in [5.74, 6) is 0.662. The van der Waals surface area contributed by atoms with E-state index in [0.29, 0.717) is 5.65 Å². The molecule has 0 bridgehead atoms. The lowest BCUT2D eigenvalue weighted by atomic mass is 10.0. The minimum atomic E-state index is -0.272. The average molecular weight is 509 g/mol. The Labute approximate surface area is 219 Å². The second kappa shape index (κ2) is 9.42. The lowest BCUT2D eigenvalue weighted by molar-refractivity contribution is 0.425. The topological polar surface area (TPSA) is 90.4 Å². The van der Waals surface area contributed by atoms with Crippen molar-refractivity contribution in [1.82, 2.24) is 34.6 Å². The number of nitrogens with one attached hydrogen (secondary N) is 3. The monoisotopic (exact) mass is 508 g/mol. The molecule has 192 valence electrons. The van der Waals surface area contributed by atoms with Gasteiger partial charge in [-0.15, -0.1) is 0 Å². The van der Waals surface area contributed by atoms with E-state index in [1.165, 1.54) is 6.07 Å². The number of hydrogen-bond donors (Lipinski definition) is 3. The predicted molar refractivity (Wildman–Crippen MR) is 151 cm³/mol. The van der Waals surface area contributed by atoms with E-state index in [1.54, 1.807) is 6.07 Å². The summed E-state index contributed by atoms with van der Waals surface area (Å²) in [5, 5.41) is 12.8. The molecule has 0 unspecified atom stereocenters. The minimum Gasteiger partial charge on any atom is -0.384 e. The number of halogens is 1. The molecule has 0 amide bonds. The van der Waals surface area contributed by atoms with Crippen molar-refractivity contribution in [3.8, 4) is 33.8 Å². The van der Waals surface area contributed by atoms with Gasteiger partial charge < -0.3 is 19.8 Å². The Bertz CT molecular complexity index is 1770. The number of aryl methyl sites for hydroxylation is 1. The fourth-order valence-electron chi connectivity index (χ4n) is 4.83. The highest BCUT2D eigenvalue weighted by molar-refractivity contribution is 6.01. The maximum atomic E-state index is 14.6. The summed E-state index contributed by atoms with van der Waals surface area (Å²) < 4.78 is 16.7. The van der Waals surface area contributed by atoms with Crippen LogP contribution in [0.15, 0.2) is 60.9 Å². The van der Waals surface area contributed by atoms with Crippen LogP contribution in [0.3, 0.4) is 0 Å². The molecule has 9 heteroatoms. The van der Waals surface area contributed by atoms with E-state index in [4.69, 9.17) is 0 Å². The third-order valence-electron chi connectivity index (χ3n) is 6.96. The van der Waals surface area contributed by atoms with Gasteiger partial charge in [0.2, 0.25) is 0 Å². The number of aromatic amines is 2. The van der Waals surface area contributed by atoms with Crippen molar-refractivity contribution in [2.45, 2.75) is 6.92 Å². The molecule has 0 spiro atoms. The predicted octanol–water partition coefficient (Wildman–Crippen LogP) is 5.59. The van der Waals surface area contributed by atoms with E-state index in [0.717, 1.165) is 74.7 Å². The Morgan fingerprint density at radius 3 is 2.66 bits per heavy atom. The summed E-state index contributed by atoms with van der Waals surface area (Å²) in [6, 6.07) is 15.3. The summed E-state index contributed by atoms with van der Waals surface area (Å²) in [4.78, 5) is 14.6. The first kappa shape index (κ1) is 23.9. The molecular weight excluding hydrogens is 479 g/mol. The molecule has 0 aliphatic heterocycles. The van der Waals surface area contributed by atoms with Gasteiger partial charge in [-0.1, -0.05) is 12.1 Å². The van der Waals surface area contributed by atoms with E-state index >= 15 is 0 Å². The smallest absolute Gasteiger partial charge is 0.181 e. The molecule has 0 saturated carbocycles. The molecular formula is C29H29FN8. The van der Waals surface area contributed by atoms with Gasteiger partial charge in [-0.05, 0) is 68.5 Å². The van der Waals surface area contributed by atoms with Gasteiger partial charge in [-0.25, -0.2) is 14.4 Å². The van der Waals surface area contributed by atoms with Crippen molar-refractivity contribution in [1.29, 1.82) is 0 Å². The standard InChI is InChI=1S/C29H29FN8/c1-17-32-16-27(38(17)4)19-12-24-28(35-36-29(24)33-15-19)26-14-23-22(6-5-7-25(23)34-26)18-10-20(30)13-21(11-18)31-8-9-37(2)3/h5-7,10-16,31,34H,8-9H2,1-4H3,(H,33,35,36). The number of imidazole rings is 1. The number of pyridine rings is 1. The molecule has 2 aromatic carbocycles. The van der Waals surface area contributed by atoms with Gasteiger partial charge >= 0.3 is 0 Å². The van der Waals surface area contributed by atoms with Crippen molar-refractivity contribution in [2.75, 3.05) is 32.5 Å². The number of fused-ring (bicyclic) bond motifs is 2. The van der Waals surface area contributed by atoms with Crippen LogP contribution in [-0.2, 0) is 7.05 Å². The van der Waals surface area contributed by atoms with Gasteiger partial charge in [0.25, 0.3) is 0 Å². The average Bonchev–Trinajstić information content (AvgIpc) is 3.59. The Morgan fingerprint density at radius 2 is 1.87 bits per heavy atom. The number of aromatic nitrogens is 6. The molecule has 38 heavy (non-hydrogen) atoms. The lowest BCUT2D eigenvalue weighted by Crippen LogP contribution is -2.20. The maximum Gasteiger partial charge on any atom is 0.181 e. The Balaban J connectivity index is 1.41. The van der Waals surface area contributed by atoms with Gasteiger partial charge in [0.1, 0.15) is 11.6 Å². The third-order valence-corrected chi connectivity index (χ3v) is 6.96. The third kappa shape index (κ3) is 4.31. The molecule has 3 N–H and O–H groups in total. The molecule has 0 fully saturated rings. The van der Waals surface area contributed by atoms with Crippen LogP contribution in [0.1, 0.15) is 5.82 Å². The normalized spacial score (nSPS) is 11.7. The van der Waals surface area contributed by atoms with Crippen LogP contribution < -0.4 is 5.32 Å². The van der Waals surface area contributed by atoms with Crippen LogP contribution in [0.5, 0.6) is 0 Å². The fourth-order valence-corrected chi connectivity index (χ4v) is 4.83. The van der Waals surface area contributed by atoms with Crippen LogP contribution in [0, 0.1) is 12.7 Å². The van der Waals surface area contributed by atoms with E-state index < -0.39 is 0 Å². The molecule has 0 radical (unpaired) electrons. The number of rotatable bonds is 7. The molecule has 4 aromatic heterocycles.